The largest absolute Gasteiger partial charge is 0.365 e. The Morgan fingerprint density at radius 1 is 1.53 bits per heavy atom. The monoisotopic (exact) mass is 252 g/mol. The maximum absolute atomic E-state index is 11.0. The molecule has 1 aliphatic rings. The molecule has 0 aromatic heterocycles. The second-order valence-corrected chi connectivity index (χ2v) is 4.41. The van der Waals surface area contributed by atoms with Crippen molar-refractivity contribution in [3.8, 4) is 0 Å². The molecule has 1 aromatic carbocycles. The molecular formula is C12H13ClN2O2. The predicted octanol–water partition coefficient (Wildman–Crippen LogP) is 2.11. The van der Waals surface area contributed by atoms with E-state index >= 15 is 0 Å². The molecule has 1 atom stereocenters. The number of hydrogen-bond acceptors (Lipinski definition) is 3. The van der Waals surface area contributed by atoms with Gasteiger partial charge in [-0.2, -0.15) is 10.1 Å². The molecule has 1 amide bonds. The van der Waals surface area contributed by atoms with Crippen LogP contribution in [-0.2, 0) is 10.5 Å². The Balaban J connectivity index is 2.36. The number of benzene rings is 1. The number of hydrazone groups is 1. The van der Waals surface area contributed by atoms with Crippen LogP contribution in [0.15, 0.2) is 29.4 Å². The van der Waals surface area contributed by atoms with Crippen molar-refractivity contribution < 1.29 is 9.90 Å². The van der Waals surface area contributed by atoms with Gasteiger partial charge in [-0.1, -0.05) is 30.7 Å². The molecule has 1 heterocycles. The summed E-state index contributed by atoms with van der Waals surface area (Å²) in [4.78, 5) is 11.0. The third kappa shape index (κ3) is 2.06. The van der Waals surface area contributed by atoms with Crippen LogP contribution in [0, 0.1) is 0 Å². The Morgan fingerprint density at radius 3 is 2.71 bits per heavy atom. The fourth-order valence-corrected chi connectivity index (χ4v) is 2.02. The van der Waals surface area contributed by atoms with Gasteiger partial charge in [0.05, 0.1) is 0 Å². The molecule has 0 unspecified atom stereocenters. The van der Waals surface area contributed by atoms with E-state index < -0.39 is 5.72 Å². The normalized spacial score (nSPS) is 23.7. The minimum Gasteiger partial charge on any atom is -0.365 e. The van der Waals surface area contributed by atoms with Crippen LogP contribution in [0.3, 0.4) is 0 Å². The Kier molecular flexibility index (Phi) is 3.17. The first-order valence-corrected chi connectivity index (χ1v) is 5.77. The van der Waals surface area contributed by atoms with Gasteiger partial charge in [0.15, 0.2) is 5.72 Å². The molecule has 4 nitrogen and oxygen atoms in total. The lowest BCUT2D eigenvalue weighted by molar-refractivity contribution is -0.143. The van der Waals surface area contributed by atoms with Gasteiger partial charge in [0, 0.05) is 22.7 Å². The van der Waals surface area contributed by atoms with E-state index in [2.05, 4.69) is 5.10 Å². The summed E-state index contributed by atoms with van der Waals surface area (Å²) in [5, 5.41) is 16.3. The Morgan fingerprint density at radius 2 is 2.18 bits per heavy atom. The van der Waals surface area contributed by atoms with Crippen LogP contribution in [-0.4, -0.2) is 22.2 Å². The summed E-state index contributed by atoms with van der Waals surface area (Å²) in [6, 6.07) is 6.77. The van der Waals surface area contributed by atoms with Crippen LogP contribution in [0.5, 0.6) is 0 Å². The summed E-state index contributed by atoms with van der Waals surface area (Å²) < 4.78 is 0. The molecule has 1 N–H and O–H groups in total. The van der Waals surface area contributed by atoms with Gasteiger partial charge in [0.25, 0.3) is 0 Å². The molecule has 17 heavy (non-hydrogen) atoms. The molecule has 0 radical (unpaired) electrons. The lowest BCUT2D eigenvalue weighted by Crippen LogP contribution is -2.38. The summed E-state index contributed by atoms with van der Waals surface area (Å²) in [6.07, 6.45) is 1.58. The third-order valence-corrected chi connectivity index (χ3v) is 3.15. The highest BCUT2D eigenvalue weighted by molar-refractivity contribution is 6.30. The van der Waals surface area contributed by atoms with E-state index in [-0.39, 0.29) is 0 Å². The van der Waals surface area contributed by atoms with Crippen molar-refractivity contribution in [3.05, 3.63) is 34.9 Å². The van der Waals surface area contributed by atoms with E-state index in [1.165, 1.54) is 0 Å². The smallest absolute Gasteiger partial charge is 0.232 e. The van der Waals surface area contributed by atoms with Gasteiger partial charge in [0.1, 0.15) is 0 Å². The molecule has 0 bridgehead atoms. The molecule has 0 saturated heterocycles. The SMILES string of the molecule is CCC1=NN(C=O)[C@@](O)(c2ccc(Cl)cc2)C1. The minimum absolute atomic E-state index is 0.337. The topological polar surface area (TPSA) is 52.9 Å². The summed E-state index contributed by atoms with van der Waals surface area (Å²) in [5.74, 6) is 0. The standard InChI is InChI=1S/C12H13ClN2O2/c1-2-11-7-12(17,15(8-16)14-11)9-3-5-10(13)6-4-9/h3-6,8,17H,2,7H2,1H3/t12-/m0/s1. The summed E-state index contributed by atoms with van der Waals surface area (Å²) in [6.45, 7) is 1.94. The zero-order valence-electron chi connectivity index (χ0n) is 9.43. The molecule has 0 aliphatic carbocycles. The summed E-state index contributed by atoms with van der Waals surface area (Å²) >= 11 is 5.80. The van der Waals surface area contributed by atoms with Crippen LogP contribution in [0.25, 0.3) is 0 Å². The van der Waals surface area contributed by atoms with Gasteiger partial charge in [-0.05, 0) is 18.6 Å². The number of amides is 1. The van der Waals surface area contributed by atoms with E-state index in [1.807, 2.05) is 6.92 Å². The van der Waals surface area contributed by atoms with Gasteiger partial charge >= 0.3 is 0 Å². The fraction of sp³-hybridized carbons (Fsp3) is 0.333. The average Bonchev–Trinajstić information content (AvgIpc) is 2.68. The van der Waals surface area contributed by atoms with Crippen molar-refractivity contribution in [1.29, 1.82) is 0 Å². The molecule has 0 fully saturated rings. The number of carbonyl (C=O) groups is 1. The average molecular weight is 253 g/mol. The Hall–Kier alpha value is -1.39. The van der Waals surface area contributed by atoms with Crippen LogP contribution >= 0.6 is 11.6 Å². The van der Waals surface area contributed by atoms with Crippen LogP contribution in [0.2, 0.25) is 5.02 Å². The lowest BCUT2D eigenvalue weighted by atomic mass is 9.97. The second-order valence-electron chi connectivity index (χ2n) is 3.97. The molecule has 0 saturated carbocycles. The minimum atomic E-state index is -1.38. The summed E-state index contributed by atoms with van der Waals surface area (Å²) in [5.41, 5.74) is 0.0354. The van der Waals surface area contributed by atoms with Crippen LogP contribution < -0.4 is 0 Å². The van der Waals surface area contributed by atoms with Crippen LogP contribution in [0.4, 0.5) is 0 Å². The highest BCUT2D eigenvalue weighted by Gasteiger charge is 2.41. The predicted molar refractivity (Wildman–Crippen MR) is 65.6 cm³/mol. The van der Waals surface area contributed by atoms with Crippen molar-refractivity contribution in [3.63, 3.8) is 0 Å². The number of nitrogens with zero attached hydrogens (tertiary/aromatic N) is 2. The molecular weight excluding hydrogens is 240 g/mol. The fourth-order valence-electron chi connectivity index (χ4n) is 1.89. The molecule has 1 aromatic rings. The molecule has 0 spiro atoms. The first-order chi connectivity index (χ1) is 8.10. The zero-order chi connectivity index (χ0) is 12.5. The highest BCUT2D eigenvalue weighted by Crippen LogP contribution is 2.35. The third-order valence-electron chi connectivity index (χ3n) is 2.89. The van der Waals surface area contributed by atoms with Crippen molar-refractivity contribution in [2.75, 3.05) is 0 Å². The molecule has 5 heteroatoms. The van der Waals surface area contributed by atoms with Crippen molar-refractivity contribution >= 4 is 23.7 Å². The zero-order valence-corrected chi connectivity index (χ0v) is 10.2. The lowest BCUT2D eigenvalue weighted by Gasteiger charge is -2.28. The number of halogens is 1. The maximum atomic E-state index is 11.0. The van der Waals surface area contributed by atoms with Gasteiger partial charge in [-0.15, -0.1) is 0 Å². The number of aliphatic hydroxyl groups is 1. The van der Waals surface area contributed by atoms with Gasteiger partial charge < -0.3 is 5.11 Å². The Labute approximate surface area is 104 Å². The highest BCUT2D eigenvalue weighted by atomic mass is 35.5. The van der Waals surface area contributed by atoms with Gasteiger partial charge in [-0.25, -0.2) is 0 Å². The molecule has 1 aliphatic heterocycles. The van der Waals surface area contributed by atoms with Gasteiger partial charge in [-0.3, -0.25) is 4.79 Å². The second kappa shape index (κ2) is 4.47. The first-order valence-electron chi connectivity index (χ1n) is 5.39. The Bertz CT molecular complexity index is 458. The first kappa shape index (κ1) is 12.1. The van der Waals surface area contributed by atoms with Gasteiger partial charge in [0.2, 0.25) is 6.41 Å². The van der Waals surface area contributed by atoms with E-state index in [0.29, 0.717) is 29.8 Å². The van der Waals surface area contributed by atoms with E-state index in [9.17, 15) is 9.90 Å². The number of hydrogen-bond donors (Lipinski definition) is 1. The molecule has 2 rings (SSSR count). The van der Waals surface area contributed by atoms with Crippen molar-refractivity contribution in [1.82, 2.24) is 5.01 Å². The molecule has 90 valence electrons. The van der Waals surface area contributed by atoms with E-state index in [1.54, 1.807) is 24.3 Å². The van der Waals surface area contributed by atoms with E-state index in [4.69, 9.17) is 11.6 Å². The maximum Gasteiger partial charge on any atom is 0.232 e. The van der Waals surface area contributed by atoms with Crippen molar-refractivity contribution in [2.24, 2.45) is 5.10 Å². The summed E-state index contributed by atoms with van der Waals surface area (Å²) in [7, 11) is 0. The van der Waals surface area contributed by atoms with E-state index in [0.717, 1.165) is 10.7 Å². The number of carbonyl (C=O) groups excluding carboxylic acids is 1. The van der Waals surface area contributed by atoms with Crippen LogP contribution in [0.1, 0.15) is 25.3 Å². The number of rotatable bonds is 3. The van der Waals surface area contributed by atoms with Crippen molar-refractivity contribution in [2.45, 2.75) is 25.5 Å². The quantitative estimate of drug-likeness (QED) is 0.838.